The molecule has 2 aliphatic rings. The number of nitrogens with zero attached hydrogens (tertiary/aromatic N) is 2. The van der Waals surface area contributed by atoms with Gasteiger partial charge in [-0.05, 0) is 31.5 Å². The maximum absolute atomic E-state index is 12.8. The Labute approximate surface area is 140 Å². The summed E-state index contributed by atoms with van der Waals surface area (Å²) in [5.41, 5.74) is 2.57. The minimum Gasteiger partial charge on any atom is -0.485 e. The second kappa shape index (κ2) is 5.57. The normalized spacial score (nSPS) is 20.6. The number of hydrogen-bond donors (Lipinski definition) is 0. The van der Waals surface area contributed by atoms with Crippen LogP contribution in [0.25, 0.3) is 0 Å². The largest absolute Gasteiger partial charge is 0.485 e. The molecule has 2 aliphatic heterocycles. The highest BCUT2D eigenvalue weighted by atomic mass is 79.9. The molecular weight excluding hydrogens is 400 g/mol. The third-order valence-corrected chi connectivity index (χ3v) is 5.25. The van der Waals surface area contributed by atoms with Crippen molar-refractivity contribution in [3.05, 3.63) is 43.7 Å². The molecule has 0 fully saturated rings. The fraction of sp³-hybridized carbons (Fsp3) is 0.333. The van der Waals surface area contributed by atoms with Gasteiger partial charge in [0, 0.05) is 14.5 Å². The minimum atomic E-state index is -0.0328. The first-order valence-electron chi connectivity index (χ1n) is 6.64. The van der Waals surface area contributed by atoms with Gasteiger partial charge in [0.25, 0.3) is 5.91 Å². The Kier molecular flexibility index (Phi) is 3.92. The lowest BCUT2D eigenvalue weighted by Gasteiger charge is -2.32. The van der Waals surface area contributed by atoms with Gasteiger partial charge in [0.2, 0.25) is 0 Å². The number of allylic oxidation sites excluding steroid dienone is 1. The molecule has 0 saturated carbocycles. The highest BCUT2D eigenvalue weighted by Crippen LogP contribution is 2.30. The number of amides is 1. The van der Waals surface area contributed by atoms with Crippen LogP contribution in [-0.2, 0) is 4.74 Å². The second-order valence-electron chi connectivity index (χ2n) is 5.19. The summed E-state index contributed by atoms with van der Waals surface area (Å²) >= 11 is 6.99. The van der Waals surface area contributed by atoms with E-state index < -0.39 is 0 Å². The van der Waals surface area contributed by atoms with Gasteiger partial charge < -0.3 is 9.64 Å². The van der Waals surface area contributed by atoms with Crippen LogP contribution in [0.4, 0.5) is 0 Å². The van der Waals surface area contributed by atoms with Crippen molar-refractivity contribution in [2.75, 3.05) is 13.1 Å². The van der Waals surface area contributed by atoms with Gasteiger partial charge >= 0.3 is 0 Å². The third-order valence-electron chi connectivity index (χ3n) is 3.60. The van der Waals surface area contributed by atoms with Gasteiger partial charge in [0.15, 0.2) is 5.76 Å². The van der Waals surface area contributed by atoms with Crippen LogP contribution in [0.3, 0.4) is 0 Å². The Balaban J connectivity index is 1.97. The van der Waals surface area contributed by atoms with Crippen LogP contribution >= 0.6 is 31.9 Å². The van der Waals surface area contributed by atoms with Crippen molar-refractivity contribution in [2.24, 2.45) is 4.99 Å². The molecule has 2 heterocycles. The SMILES string of the molecule is Cc1c(Br)cc(C(=O)N2C[C@H](C)OC3=C2CN=C3)cc1Br. The molecule has 1 aromatic carbocycles. The van der Waals surface area contributed by atoms with Gasteiger partial charge in [-0.1, -0.05) is 31.9 Å². The van der Waals surface area contributed by atoms with Gasteiger partial charge in [-0.15, -0.1) is 0 Å². The molecule has 0 bridgehead atoms. The summed E-state index contributed by atoms with van der Waals surface area (Å²) < 4.78 is 7.54. The van der Waals surface area contributed by atoms with Crippen LogP contribution < -0.4 is 0 Å². The number of ether oxygens (including phenoxy) is 1. The van der Waals surface area contributed by atoms with Gasteiger partial charge in [-0.25, -0.2) is 0 Å². The van der Waals surface area contributed by atoms with Gasteiger partial charge in [0.05, 0.1) is 25.0 Å². The molecule has 6 heteroatoms. The molecule has 21 heavy (non-hydrogen) atoms. The van der Waals surface area contributed by atoms with E-state index in [9.17, 15) is 4.79 Å². The number of benzene rings is 1. The Morgan fingerprint density at radius 1 is 1.38 bits per heavy atom. The van der Waals surface area contributed by atoms with E-state index in [0.717, 1.165) is 20.2 Å². The van der Waals surface area contributed by atoms with Crippen molar-refractivity contribution < 1.29 is 9.53 Å². The molecule has 1 aromatic rings. The monoisotopic (exact) mass is 412 g/mol. The summed E-state index contributed by atoms with van der Waals surface area (Å²) in [6.45, 7) is 4.99. The second-order valence-corrected chi connectivity index (χ2v) is 6.90. The van der Waals surface area contributed by atoms with E-state index in [-0.39, 0.29) is 12.0 Å². The summed E-state index contributed by atoms with van der Waals surface area (Å²) in [6, 6.07) is 3.72. The number of rotatable bonds is 1. The van der Waals surface area contributed by atoms with Crippen LogP contribution in [0.1, 0.15) is 22.8 Å². The van der Waals surface area contributed by atoms with Gasteiger partial charge in [-0.3, -0.25) is 9.79 Å². The molecule has 0 saturated heterocycles. The molecule has 110 valence electrons. The smallest absolute Gasteiger partial charge is 0.258 e. The van der Waals surface area contributed by atoms with Crippen LogP contribution in [-0.4, -0.2) is 36.2 Å². The van der Waals surface area contributed by atoms with Crippen LogP contribution in [0.15, 0.2) is 37.5 Å². The van der Waals surface area contributed by atoms with Crippen LogP contribution in [0, 0.1) is 6.92 Å². The standard InChI is InChI=1S/C15H14Br2N2O2/c1-8-7-19(13-5-18-6-14(13)21-8)15(20)10-3-11(16)9(2)12(17)4-10/h3-4,6,8H,5,7H2,1-2H3/t8-/m0/s1. The number of carbonyl (C=O) groups excluding carboxylic acids is 1. The van der Waals surface area contributed by atoms with Crippen molar-refractivity contribution in [3.63, 3.8) is 0 Å². The van der Waals surface area contributed by atoms with Crippen LogP contribution in [0.2, 0.25) is 0 Å². The number of halogens is 2. The van der Waals surface area contributed by atoms with Gasteiger partial charge in [0.1, 0.15) is 6.10 Å². The molecule has 0 aliphatic carbocycles. The van der Waals surface area contributed by atoms with Crippen molar-refractivity contribution in [1.82, 2.24) is 4.90 Å². The molecular formula is C15H14Br2N2O2. The molecule has 0 aromatic heterocycles. The Bertz CT molecular complexity index is 659. The first-order valence-corrected chi connectivity index (χ1v) is 8.23. The minimum absolute atomic E-state index is 0.0236. The zero-order chi connectivity index (χ0) is 15.1. The predicted molar refractivity (Wildman–Crippen MR) is 88.5 cm³/mol. The lowest BCUT2D eigenvalue weighted by atomic mass is 10.1. The molecule has 1 atom stereocenters. The zero-order valence-electron chi connectivity index (χ0n) is 11.7. The quantitative estimate of drug-likeness (QED) is 0.704. The molecule has 0 unspecified atom stereocenters. The Morgan fingerprint density at radius 3 is 2.71 bits per heavy atom. The Hall–Kier alpha value is -1.14. The summed E-state index contributed by atoms with van der Waals surface area (Å²) in [4.78, 5) is 18.8. The number of hydrogen-bond acceptors (Lipinski definition) is 3. The van der Waals surface area contributed by atoms with Crippen molar-refractivity contribution >= 4 is 44.0 Å². The third kappa shape index (κ3) is 2.66. The maximum Gasteiger partial charge on any atom is 0.258 e. The van der Waals surface area contributed by atoms with E-state index in [2.05, 4.69) is 36.9 Å². The molecule has 0 spiro atoms. The zero-order valence-corrected chi connectivity index (χ0v) is 14.9. The van der Waals surface area contributed by atoms with E-state index >= 15 is 0 Å². The first kappa shape index (κ1) is 14.8. The fourth-order valence-electron chi connectivity index (χ4n) is 2.44. The average molecular weight is 414 g/mol. The summed E-state index contributed by atoms with van der Waals surface area (Å²) in [7, 11) is 0. The van der Waals surface area contributed by atoms with Crippen molar-refractivity contribution in [3.8, 4) is 0 Å². The molecule has 4 nitrogen and oxygen atoms in total. The summed E-state index contributed by atoms with van der Waals surface area (Å²) in [5, 5.41) is 0. The molecule has 1 amide bonds. The number of carbonyl (C=O) groups is 1. The fourth-order valence-corrected chi connectivity index (χ4v) is 3.62. The van der Waals surface area contributed by atoms with Crippen LogP contribution in [0.5, 0.6) is 0 Å². The lowest BCUT2D eigenvalue weighted by Crippen LogP contribution is -2.41. The maximum atomic E-state index is 12.8. The highest BCUT2D eigenvalue weighted by Gasteiger charge is 2.32. The van der Waals surface area contributed by atoms with Gasteiger partial charge in [-0.2, -0.15) is 0 Å². The highest BCUT2D eigenvalue weighted by molar-refractivity contribution is 9.11. The lowest BCUT2D eigenvalue weighted by molar-refractivity contribution is 0.0532. The van der Waals surface area contributed by atoms with E-state index in [1.165, 1.54) is 0 Å². The topological polar surface area (TPSA) is 41.9 Å². The first-order chi connectivity index (χ1) is 9.97. The van der Waals surface area contributed by atoms with Crippen molar-refractivity contribution in [2.45, 2.75) is 20.0 Å². The van der Waals surface area contributed by atoms with E-state index in [4.69, 9.17) is 4.74 Å². The summed E-state index contributed by atoms with van der Waals surface area (Å²) in [6.07, 6.45) is 1.67. The summed E-state index contributed by atoms with van der Waals surface area (Å²) in [5.74, 6) is 0.692. The molecule has 3 rings (SSSR count). The van der Waals surface area contributed by atoms with E-state index in [1.807, 2.05) is 26.0 Å². The average Bonchev–Trinajstić information content (AvgIpc) is 2.90. The molecule has 0 radical (unpaired) electrons. The Morgan fingerprint density at radius 2 is 2.05 bits per heavy atom. The predicted octanol–water partition coefficient (Wildman–Crippen LogP) is 3.68. The number of aliphatic imine (C=N–C) groups is 1. The van der Waals surface area contributed by atoms with E-state index in [0.29, 0.717) is 24.4 Å². The molecule has 0 N–H and O–H groups in total. The van der Waals surface area contributed by atoms with Crippen molar-refractivity contribution in [1.29, 1.82) is 0 Å². The van der Waals surface area contributed by atoms with E-state index in [1.54, 1.807) is 11.1 Å².